The van der Waals surface area contributed by atoms with Crippen LogP contribution in [0.25, 0.3) is 0 Å². The molecule has 1 saturated heterocycles. The largest absolute Gasteiger partial charge is 0.390 e. The van der Waals surface area contributed by atoms with Gasteiger partial charge in [0.1, 0.15) is 9.88 Å². The summed E-state index contributed by atoms with van der Waals surface area (Å²) in [4.78, 5) is 4.21. The maximum atomic E-state index is 12.6. The molecule has 0 radical (unpaired) electrons. The summed E-state index contributed by atoms with van der Waals surface area (Å²) in [5.41, 5.74) is 5.03. The lowest BCUT2D eigenvalue weighted by Crippen LogP contribution is -2.33. The van der Waals surface area contributed by atoms with Gasteiger partial charge in [-0.15, -0.1) is 0 Å². The Labute approximate surface area is 130 Å². The molecule has 0 saturated carbocycles. The second-order valence-electron chi connectivity index (χ2n) is 5.50. The first kappa shape index (κ1) is 16.3. The van der Waals surface area contributed by atoms with E-state index in [1.54, 1.807) is 6.92 Å². The summed E-state index contributed by atoms with van der Waals surface area (Å²) < 4.78 is 26.5. The molecule has 1 unspecified atom stereocenters. The summed E-state index contributed by atoms with van der Waals surface area (Å²) in [6, 6.07) is 2.96. The first-order valence-electron chi connectivity index (χ1n) is 6.71. The Morgan fingerprint density at radius 1 is 1.43 bits per heavy atom. The molecule has 2 rings (SSSR count). The highest BCUT2D eigenvalue weighted by molar-refractivity contribution is 7.89. The minimum atomic E-state index is -3.60. The van der Waals surface area contributed by atoms with Gasteiger partial charge < -0.3 is 10.8 Å². The molecule has 0 aromatic carbocycles. The fourth-order valence-corrected chi connectivity index (χ4v) is 3.85. The molecule has 8 heteroatoms. The topological polar surface area (TPSA) is 96.5 Å². The lowest BCUT2D eigenvalue weighted by molar-refractivity contribution is 0.0465. The maximum Gasteiger partial charge on any atom is 0.244 e. The fourth-order valence-electron chi connectivity index (χ4n) is 2.31. The number of thiocarbonyl (C=S) groups is 1. The van der Waals surface area contributed by atoms with Gasteiger partial charge >= 0.3 is 0 Å². The third-order valence-corrected chi connectivity index (χ3v) is 5.74. The minimum absolute atomic E-state index is 0.115. The molecule has 3 N–H and O–H groups in total. The van der Waals surface area contributed by atoms with E-state index >= 15 is 0 Å². The number of pyridine rings is 1. The molecule has 0 amide bonds. The number of nitrogens with two attached hydrogens (primary N) is 1. The summed E-state index contributed by atoms with van der Waals surface area (Å²) in [5.74, 6) is 0. The molecule has 2 heterocycles. The van der Waals surface area contributed by atoms with Crippen LogP contribution in [-0.2, 0) is 10.0 Å². The zero-order valence-corrected chi connectivity index (χ0v) is 13.5. The van der Waals surface area contributed by atoms with Crippen molar-refractivity contribution in [3.8, 4) is 0 Å². The lowest BCUT2D eigenvalue weighted by Gasteiger charge is -2.22. The normalized spacial score (nSPS) is 24.5. The average molecular weight is 329 g/mol. The van der Waals surface area contributed by atoms with Crippen LogP contribution in [0.4, 0.5) is 0 Å². The molecule has 6 nitrogen and oxygen atoms in total. The Kier molecular flexibility index (Phi) is 4.62. The number of sulfonamides is 1. The van der Waals surface area contributed by atoms with Crippen molar-refractivity contribution in [2.45, 2.75) is 36.7 Å². The van der Waals surface area contributed by atoms with Gasteiger partial charge in [-0.3, -0.25) is 4.98 Å². The van der Waals surface area contributed by atoms with Crippen molar-refractivity contribution in [2.24, 2.45) is 5.73 Å². The number of nitrogens with zero attached hydrogens (tertiary/aromatic N) is 2. The van der Waals surface area contributed by atoms with Crippen molar-refractivity contribution in [3.63, 3.8) is 0 Å². The number of hydrogen-bond acceptors (Lipinski definition) is 5. The molecule has 1 aliphatic rings. The zero-order valence-electron chi connectivity index (χ0n) is 11.8. The molecule has 1 aliphatic heterocycles. The molecule has 1 aromatic heterocycles. The van der Waals surface area contributed by atoms with E-state index in [0.29, 0.717) is 38.0 Å². The van der Waals surface area contributed by atoms with Crippen LogP contribution < -0.4 is 5.73 Å². The quantitative estimate of drug-likeness (QED) is 0.790. The van der Waals surface area contributed by atoms with E-state index in [0.717, 1.165) is 0 Å². The highest BCUT2D eigenvalue weighted by Gasteiger charge is 2.31. The van der Waals surface area contributed by atoms with Gasteiger partial charge in [-0.2, -0.15) is 4.31 Å². The van der Waals surface area contributed by atoms with Crippen LogP contribution in [0.2, 0.25) is 0 Å². The first-order valence-corrected chi connectivity index (χ1v) is 8.56. The SMILES string of the molecule is CC1(O)CCCN(S(=O)(=O)c2ccc(C(N)=S)nc2)CC1. The predicted octanol–water partition coefficient (Wildman–Crippen LogP) is 0.641. The molecule has 116 valence electrons. The Morgan fingerprint density at radius 2 is 2.14 bits per heavy atom. The van der Waals surface area contributed by atoms with Crippen molar-refractivity contribution < 1.29 is 13.5 Å². The Bertz CT molecular complexity index is 627. The van der Waals surface area contributed by atoms with E-state index < -0.39 is 15.6 Å². The van der Waals surface area contributed by atoms with Gasteiger partial charge in [-0.25, -0.2) is 8.42 Å². The molecule has 0 aliphatic carbocycles. The van der Waals surface area contributed by atoms with Crippen molar-refractivity contribution >= 4 is 27.2 Å². The summed E-state index contributed by atoms with van der Waals surface area (Å²) >= 11 is 4.79. The molecule has 1 fully saturated rings. The number of aliphatic hydroxyl groups is 1. The maximum absolute atomic E-state index is 12.6. The first-order chi connectivity index (χ1) is 9.72. The van der Waals surface area contributed by atoms with Gasteiger partial charge in [0.25, 0.3) is 0 Å². The standard InChI is InChI=1S/C13H19N3O3S2/c1-13(17)5-2-7-16(8-6-13)21(18,19)10-3-4-11(12(14)20)15-9-10/h3-4,9,17H,2,5-8H2,1H3,(H2,14,20). The van der Waals surface area contributed by atoms with Crippen LogP contribution in [-0.4, -0.2) is 46.5 Å². The molecule has 21 heavy (non-hydrogen) atoms. The van der Waals surface area contributed by atoms with Gasteiger partial charge in [0.2, 0.25) is 10.0 Å². The number of rotatable bonds is 3. The van der Waals surface area contributed by atoms with Gasteiger partial charge in [0.05, 0.1) is 11.3 Å². The second-order valence-corrected chi connectivity index (χ2v) is 7.88. The molecule has 1 atom stereocenters. The van der Waals surface area contributed by atoms with E-state index in [2.05, 4.69) is 4.98 Å². The zero-order chi connectivity index (χ0) is 15.7. The van der Waals surface area contributed by atoms with Crippen LogP contribution >= 0.6 is 12.2 Å². The fraction of sp³-hybridized carbons (Fsp3) is 0.538. The lowest BCUT2D eigenvalue weighted by atomic mass is 9.98. The third kappa shape index (κ3) is 3.76. The van der Waals surface area contributed by atoms with Crippen LogP contribution in [0.3, 0.4) is 0 Å². The summed E-state index contributed by atoms with van der Waals surface area (Å²) in [6.45, 7) is 2.43. The van der Waals surface area contributed by atoms with Crippen LogP contribution in [0, 0.1) is 0 Å². The van der Waals surface area contributed by atoms with Gasteiger partial charge in [0, 0.05) is 19.3 Å². The van der Waals surface area contributed by atoms with E-state index in [1.165, 1.54) is 22.6 Å². The summed E-state index contributed by atoms with van der Waals surface area (Å²) in [7, 11) is -3.60. The number of hydrogen-bond donors (Lipinski definition) is 2. The minimum Gasteiger partial charge on any atom is -0.390 e. The van der Waals surface area contributed by atoms with E-state index in [1.807, 2.05) is 0 Å². The smallest absolute Gasteiger partial charge is 0.244 e. The monoisotopic (exact) mass is 329 g/mol. The summed E-state index contributed by atoms with van der Waals surface area (Å²) in [6.07, 6.45) is 2.92. The van der Waals surface area contributed by atoms with E-state index in [9.17, 15) is 13.5 Å². The molecular formula is C13H19N3O3S2. The third-order valence-electron chi connectivity index (χ3n) is 3.65. The highest BCUT2D eigenvalue weighted by Crippen LogP contribution is 2.25. The highest BCUT2D eigenvalue weighted by atomic mass is 32.2. The molecular weight excluding hydrogens is 310 g/mol. The van der Waals surface area contributed by atoms with E-state index in [-0.39, 0.29) is 9.88 Å². The second kappa shape index (κ2) is 5.96. The van der Waals surface area contributed by atoms with Gasteiger partial charge in [-0.05, 0) is 38.3 Å². The van der Waals surface area contributed by atoms with Crippen molar-refractivity contribution in [2.75, 3.05) is 13.1 Å². The van der Waals surface area contributed by atoms with Crippen LogP contribution in [0.15, 0.2) is 23.2 Å². The van der Waals surface area contributed by atoms with E-state index in [4.69, 9.17) is 18.0 Å². The molecule has 1 aromatic rings. The Hall–Kier alpha value is -1.09. The van der Waals surface area contributed by atoms with Crippen LogP contribution in [0.1, 0.15) is 31.9 Å². The average Bonchev–Trinajstić information content (AvgIpc) is 2.60. The van der Waals surface area contributed by atoms with Crippen molar-refractivity contribution in [1.82, 2.24) is 9.29 Å². The van der Waals surface area contributed by atoms with Gasteiger partial charge in [0.15, 0.2) is 0 Å². The molecule has 0 bridgehead atoms. The van der Waals surface area contributed by atoms with Crippen molar-refractivity contribution in [3.05, 3.63) is 24.0 Å². The Balaban J connectivity index is 2.23. The summed E-state index contributed by atoms with van der Waals surface area (Å²) in [5, 5.41) is 10.0. The van der Waals surface area contributed by atoms with Crippen molar-refractivity contribution in [1.29, 1.82) is 0 Å². The molecule has 0 spiro atoms. The Morgan fingerprint density at radius 3 is 2.71 bits per heavy atom. The number of aromatic nitrogens is 1. The predicted molar refractivity (Wildman–Crippen MR) is 83.4 cm³/mol. The van der Waals surface area contributed by atoms with Crippen LogP contribution in [0.5, 0.6) is 0 Å². The van der Waals surface area contributed by atoms with Gasteiger partial charge in [-0.1, -0.05) is 12.2 Å².